The quantitative estimate of drug-likeness (QED) is 0.404. The van der Waals surface area contributed by atoms with Crippen molar-refractivity contribution in [3.63, 3.8) is 0 Å². The van der Waals surface area contributed by atoms with Gasteiger partial charge in [0.1, 0.15) is 0 Å². The van der Waals surface area contributed by atoms with Gasteiger partial charge in [0.15, 0.2) is 0 Å². The minimum atomic E-state index is -4.62. The highest BCUT2D eigenvalue weighted by Crippen LogP contribution is 2.34. The molecule has 0 atom stereocenters. The van der Waals surface area contributed by atoms with Gasteiger partial charge in [0.2, 0.25) is 5.91 Å². The summed E-state index contributed by atoms with van der Waals surface area (Å²) in [6.45, 7) is 1.20. The van der Waals surface area contributed by atoms with E-state index in [2.05, 4.69) is 21.3 Å². The molecule has 33 heavy (non-hydrogen) atoms. The van der Waals surface area contributed by atoms with Crippen molar-refractivity contribution in [3.8, 4) is 0 Å². The fourth-order valence-electron chi connectivity index (χ4n) is 2.84. The Morgan fingerprint density at radius 1 is 0.697 bits per heavy atom. The molecule has 0 heterocycles. The van der Waals surface area contributed by atoms with E-state index in [-0.39, 0.29) is 16.9 Å². The second kappa shape index (κ2) is 9.86. The molecule has 0 saturated carbocycles. The highest BCUT2D eigenvalue weighted by atomic mass is 19.4. The number of carbonyl (C=O) groups is 3. The largest absolute Gasteiger partial charge is 0.416 e. The van der Waals surface area contributed by atoms with Crippen molar-refractivity contribution in [2.45, 2.75) is 13.1 Å². The van der Waals surface area contributed by atoms with Crippen LogP contribution in [-0.4, -0.2) is 17.8 Å². The van der Waals surface area contributed by atoms with Gasteiger partial charge in [-0.05, 0) is 54.6 Å². The zero-order valence-corrected chi connectivity index (χ0v) is 17.3. The average Bonchev–Trinajstić information content (AvgIpc) is 2.75. The van der Waals surface area contributed by atoms with Gasteiger partial charge < -0.3 is 21.3 Å². The van der Waals surface area contributed by atoms with Crippen LogP contribution in [0.4, 0.5) is 40.7 Å². The Balaban J connectivity index is 1.71. The highest BCUT2D eigenvalue weighted by Gasteiger charge is 2.31. The number of halogens is 3. The van der Waals surface area contributed by atoms with Gasteiger partial charge in [-0.25, -0.2) is 4.79 Å². The first-order valence-corrected chi connectivity index (χ1v) is 9.65. The number of amides is 4. The van der Waals surface area contributed by atoms with Crippen LogP contribution in [0.1, 0.15) is 22.8 Å². The average molecular weight is 456 g/mol. The van der Waals surface area contributed by atoms with Crippen LogP contribution in [0.5, 0.6) is 0 Å². The molecule has 0 aromatic heterocycles. The Labute approximate surface area is 187 Å². The number of carbonyl (C=O) groups excluding carboxylic acids is 3. The lowest BCUT2D eigenvalue weighted by Crippen LogP contribution is -2.19. The third kappa shape index (κ3) is 6.57. The van der Waals surface area contributed by atoms with E-state index < -0.39 is 29.6 Å². The number of alkyl halides is 3. The summed E-state index contributed by atoms with van der Waals surface area (Å²) >= 11 is 0. The van der Waals surface area contributed by atoms with Crippen molar-refractivity contribution in [2.75, 3.05) is 21.3 Å². The van der Waals surface area contributed by atoms with E-state index in [4.69, 9.17) is 0 Å². The molecule has 0 saturated heterocycles. The first-order valence-electron chi connectivity index (χ1n) is 9.65. The second-order valence-corrected chi connectivity index (χ2v) is 6.92. The molecule has 0 aliphatic heterocycles. The molecule has 3 aromatic rings. The van der Waals surface area contributed by atoms with Gasteiger partial charge in [-0.1, -0.05) is 18.2 Å². The minimum Gasteiger partial charge on any atom is -0.325 e. The predicted molar refractivity (Wildman–Crippen MR) is 119 cm³/mol. The van der Waals surface area contributed by atoms with Crippen molar-refractivity contribution in [1.82, 2.24) is 0 Å². The van der Waals surface area contributed by atoms with Crippen LogP contribution < -0.4 is 21.3 Å². The summed E-state index contributed by atoms with van der Waals surface area (Å²) in [7, 11) is 0. The summed E-state index contributed by atoms with van der Waals surface area (Å²) < 4.78 is 39.2. The van der Waals surface area contributed by atoms with Crippen molar-refractivity contribution < 1.29 is 27.6 Å². The fraction of sp³-hybridized carbons (Fsp3) is 0.0870. The summed E-state index contributed by atoms with van der Waals surface area (Å²) in [5.74, 6) is -1.20. The molecule has 7 nitrogen and oxygen atoms in total. The van der Waals surface area contributed by atoms with Gasteiger partial charge in [0.25, 0.3) is 5.91 Å². The fourth-order valence-corrected chi connectivity index (χ4v) is 2.84. The van der Waals surface area contributed by atoms with Gasteiger partial charge in [0.05, 0.1) is 16.9 Å². The third-order valence-electron chi connectivity index (χ3n) is 4.34. The van der Waals surface area contributed by atoms with Crippen LogP contribution in [-0.2, 0) is 11.0 Å². The van der Waals surface area contributed by atoms with Gasteiger partial charge >= 0.3 is 12.2 Å². The summed E-state index contributed by atoms with van der Waals surface area (Å²) in [5.41, 5.74) is -0.0136. The van der Waals surface area contributed by atoms with E-state index in [0.29, 0.717) is 11.4 Å². The standard InChI is InChI=1S/C23H19F3N4O3/c1-14(31)27-19-12-9-16(23(24,25)26)13-20(19)30-21(32)15-7-10-18(11-8-15)29-22(33)28-17-5-3-2-4-6-17/h2-13H,1H3,(H,27,31)(H,30,32)(H2,28,29,33). The molecule has 3 aromatic carbocycles. The first kappa shape index (κ1) is 23.3. The lowest BCUT2D eigenvalue weighted by Gasteiger charge is -2.15. The molecule has 0 bridgehead atoms. The molecule has 0 spiro atoms. The molecule has 0 fully saturated rings. The maximum Gasteiger partial charge on any atom is 0.416 e. The van der Waals surface area contributed by atoms with E-state index in [1.54, 1.807) is 24.3 Å². The molecule has 0 aliphatic carbocycles. The summed E-state index contributed by atoms with van der Waals surface area (Å²) in [6, 6.07) is 16.7. The number of benzene rings is 3. The summed E-state index contributed by atoms with van der Waals surface area (Å²) in [6.07, 6.45) is -4.62. The molecule has 0 unspecified atom stereocenters. The Hall–Kier alpha value is -4.34. The zero-order valence-electron chi connectivity index (χ0n) is 17.3. The lowest BCUT2D eigenvalue weighted by molar-refractivity contribution is -0.137. The molecule has 4 amide bonds. The van der Waals surface area contributed by atoms with E-state index in [1.165, 1.54) is 31.2 Å². The molecule has 0 radical (unpaired) electrons. The zero-order chi connectivity index (χ0) is 24.0. The van der Waals surface area contributed by atoms with Gasteiger partial charge in [-0.2, -0.15) is 13.2 Å². The van der Waals surface area contributed by atoms with Crippen LogP contribution in [0.15, 0.2) is 72.8 Å². The second-order valence-electron chi connectivity index (χ2n) is 6.92. The number of rotatable bonds is 5. The van der Waals surface area contributed by atoms with Crippen molar-refractivity contribution in [2.24, 2.45) is 0 Å². The molecular weight excluding hydrogens is 437 g/mol. The van der Waals surface area contributed by atoms with Crippen molar-refractivity contribution in [3.05, 3.63) is 83.9 Å². The SMILES string of the molecule is CC(=O)Nc1ccc(C(F)(F)F)cc1NC(=O)c1ccc(NC(=O)Nc2ccccc2)cc1. The maximum absolute atomic E-state index is 13.1. The number of hydrogen-bond donors (Lipinski definition) is 4. The molecule has 4 N–H and O–H groups in total. The lowest BCUT2D eigenvalue weighted by atomic mass is 10.1. The summed E-state index contributed by atoms with van der Waals surface area (Å²) in [5, 5.41) is 10.0. The number of hydrogen-bond acceptors (Lipinski definition) is 3. The monoisotopic (exact) mass is 456 g/mol. The minimum absolute atomic E-state index is 0.0275. The maximum atomic E-state index is 13.1. The van der Waals surface area contributed by atoms with Crippen LogP contribution in [0.25, 0.3) is 0 Å². The molecule has 0 aliphatic rings. The Kier molecular flexibility index (Phi) is 6.97. The normalized spacial score (nSPS) is 10.8. The number of anilines is 4. The van der Waals surface area contributed by atoms with Crippen molar-refractivity contribution >= 4 is 40.6 Å². The highest BCUT2D eigenvalue weighted by molar-refractivity contribution is 6.07. The topological polar surface area (TPSA) is 99.3 Å². The van der Waals surface area contributed by atoms with Gasteiger partial charge in [0, 0.05) is 23.9 Å². The Bertz CT molecular complexity index is 1160. The molecule has 10 heteroatoms. The van der Waals surface area contributed by atoms with Crippen LogP contribution in [0.2, 0.25) is 0 Å². The number of para-hydroxylation sites is 1. The smallest absolute Gasteiger partial charge is 0.325 e. The van der Waals surface area contributed by atoms with E-state index in [9.17, 15) is 27.6 Å². The van der Waals surface area contributed by atoms with E-state index >= 15 is 0 Å². The molecule has 3 rings (SSSR count). The van der Waals surface area contributed by atoms with Crippen molar-refractivity contribution in [1.29, 1.82) is 0 Å². The van der Waals surface area contributed by atoms with Crippen LogP contribution in [0.3, 0.4) is 0 Å². The Morgan fingerprint density at radius 3 is 1.88 bits per heavy atom. The van der Waals surface area contributed by atoms with E-state index in [0.717, 1.165) is 18.2 Å². The molecule has 170 valence electrons. The predicted octanol–water partition coefficient (Wildman–Crippen LogP) is 5.56. The van der Waals surface area contributed by atoms with Gasteiger partial charge in [-0.3, -0.25) is 9.59 Å². The first-order chi connectivity index (χ1) is 15.6. The number of urea groups is 1. The Morgan fingerprint density at radius 2 is 1.30 bits per heavy atom. The molecular formula is C23H19F3N4O3. The van der Waals surface area contributed by atoms with Gasteiger partial charge in [-0.15, -0.1) is 0 Å². The third-order valence-corrected chi connectivity index (χ3v) is 4.34. The summed E-state index contributed by atoms with van der Waals surface area (Å²) in [4.78, 5) is 36.0. The van der Waals surface area contributed by atoms with E-state index in [1.807, 2.05) is 6.07 Å². The number of nitrogens with one attached hydrogen (secondary N) is 4. The van der Waals surface area contributed by atoms with Crippen LogP contribution >= 0.6 is 0 Å². The van der Waals surface area contributed by atoms with Crippen LogP contribution in [0, 0.1) is 0 Å².